The molecule has 0 unspecified atom stereocenters. The highest BCUT2D eigenvalue weighted by Crippen LogP contribution is 2.26. The fraction of sp³-hybridized carbons (Fsp3) is 0.538. The quantitative estimate of drug-likeness (QED) is 0.606. The van der Waals surface area contributed by atoms with E-state index in [0.717, 1.165) is 11.3 Å². The molecule has 112 valence electrons. The van der Waals surface area contributed by atoms with Gasteiger partial charge >= 0.3 is 6.18 Å². The SMILES string of the molecule is Fc1ccc(N2CCN(CC(F)(F)F)CC2)c(CBr)c1. The Labute approximate surface area is 123 Å². The van der Waals surface area contributed by atoms with Gasteiger partial charge in [0.25, 0.3) is 0 Å². The zero-order valence-electron chi connectivity index (χ0n) is 10.8. The van der Waals surface area contributed by atoms with Gasteiger partial charge in [0.05, 0.1) is 6.54 Å². The maximum atomic E-state index is 13.2. The van der Waals surface area contributed by atoms with Crippen LogP contribution >= 0.6 is 15.9 Å². The van der Waals surface area contributed by atoms with Crippen LogP contribution in [0.4, 0.5) is 23.2 Å². The molecular weight excluding hydrogens is 340 g/mol. The van der Waals surface area contributed by atoms with Gasteiger partial charge in [0.2, 0.25) is 0 Å². The summed E-state index contributed by atoms with van der Waals surface area (Å²) in [6.07, 6.45) is -4.15. The Kier molecular flexibility index (Phi) is 4.90. The minimum absolute atomic E-state index is 0.307. The van der Waals surface area contributed by atoms with E-state index in [1.165, 1.54) is 17.0 Å². The maximum Gasteiger partial charge on any atom is 0.401 e. The molecule has 1 aromatic carbocycles. The lowest BCUT2D eigenvalue weighted by atomic mass is 10.1. The monoisotopic (exact) mass is 354 g/mol. The summed E-state index contributed by atoms with van der Waals surface area (Å²) in [5.41, 5.74) is 1.70. The average Bonchev–Trinajstić information content (AvgIpc) is 2.38. The minimum atomic E-state index is -4.15. The van der Waals surface area contributed by atoms with E-state index >= 15 is 0 Å². The first-order valence-corrected chi connectivity index (χ1v) is 7.39. The Hall–Kier alpha value is -0.820. The number of rotatable bonds is 3. The van der Waals surface area contributed by atoms with Gasteiger partial charge in [-0.1, -0.05) is 15.9 Å². The van der Waals surface area contributed by atoms with Crippen molar-refractivity contribution in [3.8, 4) is 0 Å². The Morgan fingerprint density at radius 3 is 2.30 bits per heavy atom. The molecule has 1 aromatic rings. The Morgan fingerprint density at radius 2 is 1.75 bits per heavy atom. The fourth-order valence-corrected chi connectivity index (χ4v) is 2.82. The van der Waals surface area contributed by atoms with Crippen molar-refractivity contribution in [2.45, 2.75) is 11.5 Å². The number of anilines is 1. The normalized spacial score (nSPS) is 17.6. The van der Waals surface area contributed by atoms with Gasteiger partial charge in [-0.2, -0.15) is 13.2 Å². The first-order chi connectivity index (χ1) is 9.39. The lowest BCUT2D eigenvalue weighted by molar-refractivity contribution is -0.146. The van der Waals surface area contributed by atoms with Crippen molar-refractivity contribution in [3.63, 3.8) is 0 Å². The summed E-state index contributed by atoms with van der Waals surface area (Å²) < 4.78 is 50.1. The fourth-order valence-electron chi connectivity index (χ4n) is 2.37. The first-order valence-electron chi connectivity index (χ1n) is 6.27. The molecule has 20 heavy (non-hydrogen) atoms. The largest absolute Gasteiger partial charge is 0.401 e. The van der Waals surface area contributed by atoms with Crippen LogP contribution in [0.5, 0.6) is 0 Å². The number of piperazine rings is 1. The molecule has 0 bridgehead atoms. The summed E-state index contributed by atoms with van der Waals surface area (Å²) in [5.74, 6) is -0.307. The molecule has 1 saturated heterocycles. The second-order valence-electron chi connectivity index (χ2n) is 4.79. The smallest absolute Gasteiger partial charge is 0.369 e. The third-order valence-electron chi connectivity index (χ3n) is 3.30. The van der Waals surface area contributed by atoms with Crippen molar-refractivity contribution in [2.24, 2.45) is 0 Å². The summed E-state index contributed by atoms with van der Waals surface area (Å²) in [6.45, 7) is 0.885. The van der Waals surface area contributed by atoms with E-state index in [4.69, 9.17) is 0 Å². The molecule has 0 N–H and O–H groups in total. The number of alkyl halides is 4. The van der Waals surface area contributed by atoms with Gasteiger partial charge in [0, 0.05) is 37.2 Å². The van der Waals surface area contributed by atoms with Gasteiger partial charge in [0.15, 0.2) is 0 Å². The van der Waals surface area contributed by atoms with E-state index in [-0.39, 0.29) is 5.82 Å². The van der Waals surface area contributed by atoms with E-state index in [0.29, 0.717) is 31.5 Å². The van der Waals surface area contributed by atoms with Crippen LogP contribution in [0.3, 0.4) is 0 Å². The van der Waals surface area contributed by atoms with Crippen molar-refractivity contribution in [1.82, 2.24) is 4.90 Å². The number of hydrogen-bond acceptors (Lipinski definition) is 2. The van der Waals surface area contributed by atoms with Crippen molar-refractivity contribution in [3.05, 3.63) is 29.6 Å². The molecular formula is C13H15BrF4N2. The van der Waals surface area contributed by atoms with Crippen LogP contribution in [-0.4, -0.2) is 43.8 Å². The predicted octanol–water partition coefficient (Wildman–Crippen LogP) is 3.40. The molecule has 1 aliphatic heterocycles. The third kappa shape index (κ3) is 4.09. The van der Waals surface area contributed by atoms with Gasteiger partial charge in [-0.25, -0.2) is 4.39 Å². The molecule has 0 aromatic heterocycles. The molecule has 7 heteroatoms. The summed E-state index contributed by atoms with van der Waals surface area (Å²) in [5, 5.41) is 0.517. The first kappa shape index (κ1) is 15.6. The topological polar surface area (TPSA) is 6.48 Å². The highest BCUT2D eigenvalue weighted by atomic mass is 79.9. The highest BCUT2D eigenvalue weighted by Gasteiger charge is 2.32. The minimum Gasteiger partial charge on any atom is -0.369 e. The van der Waals surface area contributed by atoms with Crippen molar-refractivity contribution in [2.75, 3.05) is 37.6 Å². The number of nitrogens with zero attached hydrogens (tertiary/aromatic N) is 2. The van der Waals surface area contributed by atoms with Gasteiger partial charge in [-0.3, -0.25) is 4.90 Å². The predicted molar refractivity (Wildman–Crippen MR) is 73.7 cm³/mol. The molecule has 0 spiro atoms. The maximum absolute atomic E-state index is 13.2. The Morgan fingerprint density at radius 1 is 1.10 bits per heavy atom. The number of hydrogen-bond donors (Lipinski definition) is 0. The van der Waals surface area contributed by atoms with Gasteiger partial charge in [-0.05, 0) is 23.8 Å². The second-order valence-corrected chi connectivity index (χ2v) is 5.35. The number of halogens is 5. The molecule has 2 nitrogen and oxygen atoms in total. The average molecular weight is 355 g/mol. The van der Waals surface area contributed by atoms with Crippen LogP contribution in [0.2, 0.25) is 0 Å². The van der Waals surface area contributed by atoms with Gasteiger partial charge in [-0.15, -0.1) is 0 Å². The molecule has 0 amide bonds. The summed E-state index contributed by atoms with van der Waals surface area (Å²) in [4.78, 5) is 3.40. The van der Waals surface area contributed by atoms with E-state index in [2.05, 4.69) is 15.9 Å². The van der Waals surface area contributed by atoms with Crippen LogP contribution in [0.25, 0.3) is 0 Å². The molecule has 0 radical (unpaired) electrons. The Balaban J connectivity index is 2.00. The third-order valence-corrected chi connectivity index (χ3v) is 3.91. The van der Waals surface area contributed by atoms with E-state index in [1.807, 2.05) is 4.90 Å². The lowest BCUT2D eigenvalue weighted by Crippen LogP contribution is -2.49. The molecule has 2 rings (SSSR count). The molecule has 0 atom stereocenters. The van der Waals surface area contributed by atoms with Crippen LogP contribution in [-0.2, 0) is 5.33 Å². The van der Waals surface area contributed by atoms with Crippen molar-refractivity contribution < 1.29 is 17.6 Å². The summed E-state index contributed by atoms with van der Waals surface area (Å²) in [6, 6.07) is 4.51. The standard InChI is InChI=1S/C13H15BrF4N2/c14-8-10-7-11(15)1-2-12(10)20-5-3-19(4-6-20)9-13(16,17)18/h1-2,7H,3-6,8-9H2. The summed E-state index contributed by atoms with van der Waals surface area (Å²) in [7, 11) is 0. The van der Waals surface area contributed by atoms with Crippen molar-refractivity contribution in [1.29, 1.82) is 0 Å². The van der Waals surface area contributed by atoms with Gasteiger partial charge in [0.1, 0.15) is 5.82 Å². The van der Waals surface area contributed by atoms with Crippen molar-refractivity contribution >= 4 is 21.6 Å². The lowest BCUT2D eigenvalue weighted by Gasteiger charge is -2.37. The van der Waals surface area contributed by atoms with E-state index in [9.17, 15) is 17.6 Å². The molecule has 1 heterocycles. The van der Waals surface area contributed by atoms with E-state index < -0.39 is 12.7 Å². The molecule has 1 fully saturated rings. The van der Waals surface area contributed by atoms with Crippen LogP contribution in [0.1, 0.15) is 5.56 Å². The highest BCUT2D eigenvalue weighted by molar-refractivity contribution is 9.08. The zero-order valence-corrected chi connectivity index (χ0v) is 12.3. The molecule has 0 saturated carbocycles. The van der Waals surface area contributed by atoms with Crippen LogP contribution in [0, 0.1) is 5.82 Å². The Bertz CT molecular complexity index is 456. The van der Waals surface area contributed by atoms with Crippen LogP contribution in [0.15, 0.2) is 18.2 Å². The summed E-state index contributed by atoms with van der Waals surface area (Å²) >= 11 is 3.31. The second kappa shape index (κ2) is 6.30. The van der Waals surface area contributed by atoms with Crippen LogP contribution < -0.4 is 4.90 Å². The number of benzene rings is 1. The van der Waals surface area contributed by atoms with Gasteiger partial charge < -0.3 is 4.90 Å². The van der Waals surface area contributed by atoms with E-state index in [1.54, 1.807) is 6.07 Å². The molecule has 0 aliphatic carbocycles. The molecule has 1 aliphatic rings. The zero-order chi connectivity index (χ0) is 14.8.